The maximum Gasteiger partial charge on any atom is 0.228 e. The van der Waals surface area contributed by atoms with E-state index in [2.05, 4.69) is 21.2 Å². The normalized spacial score (nSPS) is 10.9. The number of carbonyl (C=O) groups is 1. The lowest BCUT2D eigenvalue weighted by Crippen LogP contribution is -2.14. The van der Waals surface area contributed by atoms with Crippen molar-refractivity contribution in [2.45, 2.75) is 20.3 Å². The van der Waals surface area contributed by atoms with Crippen LogP contribution in [0.25, 0.3) is 11.0 Å². The zero-order chi connectivity index (χ0) is 15.7. The fraction of sp³-hybridized carbons (Fsp3) is 0.167. The lowest BCUT2D eigenvalue weighted by molar-refractivity contribution is -0.115. The first kappa shape index (κ1) is 14.9. The minimum atomic E-state index is -0.0622. The highest BCUT2D eigenvalue weighted by Gasteiger charge is 2.12. The fourth-order valence-corrected chi connectivity index (χ4v) is 3.01. The minimum absolute atomic E-state index is 0.0622. The summed E-state index contributed by atoms with van der Waals surface area (Å²) >= 11 is 3.47. The molecule has 112 valence electrons. The Labute approximate surface area is 137 Å². The van der Waals surface area contributed by atoms with Gasteiger partial charge in [-0.3, -0.25) is 4.79 Å². The average molecular weight is 358 g/mol. The van der Waals surface area contributed by atoms with Gasteiger partial charge < -0.3 is 9.73 Å². The Bertz CT molecular complexity index is 851. The van der Waals surface area contributed by atoms with Gasteiger partial charge in [-0.2, -0.15) is 0 Å². The van der Waals surface area contributed by atoms with Crippen molar-refractivity contribution in [1.29, 1.82) is 0 Å². The summed E-state index contributed by atoms with van der Waals surface area (Å²) in [5, 5.41) is 3.91. The van der Waals surface area contributed by atoms with Gasteiger partial charge in [-0.25, -0.2) is 0 Å². The molecule has 0 fully saturated rings. The van der Waals surface area contributed by atoms with Gasteiger partial charge in [0.05, 0.1) is 18.4 Å². The lowest BCUT2D eigenvalue weighted by atomic mass is 10.1. The summed E-state index contributed by atoms with van der Waals surface area (Å²) in [5.41, 5.74) is 4.77. The Balaban J connectivity index is 1.78. The monoisotopic (exact) mass is 357 g/mol. The highest BCUT2D eigenvalue weighted by molar-refractivity contribution is 9.10. The molecule has 0 saturated carbocycles. The molecule has 0 aliphatic carbocycles. The van der Waals surface area contributed by atoms with Crippen molar-refractivity contribution in [3.63, 3.8) is 0 Å². The smallest absolute Gasteiger partial charge is 0.228 e. The average Bonchev–Trinajstić information content (AvgIpc) is 2.84. The van der Waals surface area contributed by atoms with E-state index in [-0.39, 0.29) is 12.3 Å². The molecule has 1 aromatic heterocycles. The minimum Gasteiger partial charge on any atom is -0.464 e. The number of aryl methyl sites for hydroxylation is 2. The number of hydrogen-bond donors (Lipinski definition) is 1. The number of nitrogens with one attached hydrogen (secondary N) is 1. The molecule has 0 saturated heterocycles. The second-order valence-corrected chi connectivity index (χ2v) is 6.32. The Morgan fingerprint density at radius 3 is 2.64 bits per heavy atom. The van der Waals surface area contributed by atoms with E-state index in [1.807, 2.05) is 50.2 Å². The van der Waals surface area contributed by atoms with Crippen LogP contribution in [0, 0.1) is 13.8 Å². The van der Waals surface area contributed by atoms with Gasteiger partial charge >= 0.3 is 0 Å². The van der Waals surface area contributed by atoms with Crippen molar-refractivity contribution < 1.29 is 9.21 Å². The third-order valence-corrected chi connectivity index (χ3v) is 4.22. The van der Waals surface area contributed by atoms with E-state index in [1.165, 1.54) is 0 Å². The van der Waals surface area contributed by atoms with Crippen LogP contribution in [-0.4, -0.2) is 5.91 Å². The highest BCUT2D eigenvalue weighted by atomic mass is 79.9. The van der Waals surface area contributed by atoms with E-state index >= 15 is 0 Å². The van der Waals surface area contributed by atoms with Crippen molar-refractivity contribution in [1.82, 2.24) is 0 Å². The summed E-state index contributed by atoms with van der Waals surface area (Å²) in [6, 6.07) is 11.8. The number of benzene rings is 2. The molecule has 4 heteroatoms. The molecule has 0 spiro atoms. The first-order valence-corrected chi connectivity index (χ1v) is 7.85. The molecule has 2 aromatic carbocycles. The SMILES string of the molecule is Cc1ccc(NC(=O)Cc2coc3cc(C)ccc23)c(Br)c1. The maximum absolute atomic E-state index is 12.3. The van der Waals surface area contributed by atoms with Crippen molar-refractivity contribution in [3.05, 3.63) is 63.8 Å². The number of anilines is 1. The van der Waals surface area contributed by atoms with Crippen LogP contribution >= 0.6 is 15.9 Å². The Morgan fingerprint density at radius 2 is 1.86 bits per heavy atom. The van der Waals surface area contributed by atoms with Crippen LogP contribution in [0.15, 0.2) is 51.6 Å². The van der Waals surface area contributed by atoms with Gasteiger partial charge in [0.25, 0.3) is 0 Å². The second kappa shape index (κ2) is 5.97. The summed E-state index contributed by atoms with van der Waals surface area (Å²) in [6.07, 6.45) is 1.95. The van der Waals surface area contributed by atoms with Gasteiger partial charge in [-0.15, -0.1) is 0 Å². The molecule has 3 rings (SSSR count). The number of fused-ring (bicyclic) bond motifs is 1. The van der Waals surface area contributed by atoms with Gasteiger partial charge in [0.1, 0.15) is 5.58 Å². The van der Waals surface area contributed by atoms with Crippen LogP contribution in [0.4, 0.5) is 5.69 Å². The molecular weight excluding hydrogens is 342 g/mol. The molecule has 0 aliphatic heterocycles. The quantitative estimate of drug-likeness (QED) is 0.716. The molecule has 0 unspecified atom stereocenters. The number of halogens is 1. The Hall–Kier alpha value is -2.07. The zero-order valence-electron chi connectivity index (χ0n) is 12.4. The molecule has 1 heterocycles. The number of carbonyl (C=O) groups excluding carboxylic acids is 1. The third kappa shape index (κ3) is 3.07. The number of hydrogen-bond acceptors (Lipinski definition) is 2. The van der Waals surface area contributed by atoms with E-state index in [0.29, 0.717) is 0 Å². The van der Waals surface area contributed by atoms with Gasteiger partial charge in [-0.1, -0.05) is 18.2 Å². The van der Waals surface area contributed by atoms with Gasteiger partial charge in [0, 0.05) is 15.4 Å². The number of rotatable bonds is 3. The molecule has 1 amide bonds. The molecule has 0 atom stereocenters. The molecule has 22 heavy (non-hydrogen) atoms. The largest absolute Gasteiger partial charge is 0.464 e. The Kier molecular flexibility index (Phi) is 4.03. The number of amides is 1. The lowest BCUT2D eigenvalue weighted by Gasteiger charge is -2.07. The standard InChI is InChI=1S/C18H16BrNO2/c1-11-4-6-16(15(19)7-11)20-18(21)9-13-10-22-17-8-12(2)3-5-14(13)17/h3-8,10H,9H2,1-2H3,(H,20,21). The van der Waals surface area contributed by atoms with Gasteiger partial charge in [-0.05, 0) is 59.1 Å². The molecule has 0 radical (unpaired) electrons. The molecule has 3 nitrogen and oxygen atoms in total. The predicted octanol–water partition coefficient (Wildman–Crippen LogP) is 4.99. The summed E-state index contributed by atoms with van der Waals surface area (Å²) in [7, 11) is 0. The van der Waals surface area contributed by atoms with Crippen molar-refractivity contribution in [2.75, 3.05) is 5.32 Å². The molecule has 3 aromatic rings. The third-order valence-electron chi connectivity index (χ3n) is 3.56. The Morgan fingerprint density at radius 1 is 1.14 bits per heavy atom. The summed E-state index contributed by atoms with van der Waals surface area (Å²) in [5.74, 6) is -0.0622. The molecule has 1 N–H and O–H groups in total. The summed E-state index contributed by atoms with van der Waals surface area (Å²) < 4.78 is 6.41. The van der Waals surface area contributed by atoms with E-state index < -0.39 is 0 Å². The van der Waals surface area contributed by atoms with E-state index in [4.69, 9.17) is 4.42 Å². The van der Waals surface area contributed by atoms with E-state index in [1.54, 1.807) is 6.26 Å². The van der Waals surface area contributed by atoms with Crippen LogP contribution in [0.3, 0.4) is 0 Å². The van der Waals surface area contributed by atoms with Crippen LogP contribution in [0.2, 0.25) is 0 Å². The van der Waals surface area contributed by atoms with E-state index in [9.17, 15) is 4.79 Å². The highest BCUT2D eigenvalue weighted by Crippen LogP contribution is 2.25. The first-order valence-electron chi connectivity index (χ1n) is 7.05. The van der Waals surface area contributed by atoms with Gasteiger partial charge in [0.15, 0.2) is 0 Å². The first-order chi connectivity index (χ1) is 10.5. The van der Waals surface area contributed by atoms with Crippen LogP contribution < -0.4 is 5.32 Å². The number of furan rings is 1. The summed E-state index contributed by atoms with van der Waals surface area (Å²) in [6.45, 7) is 4.03. The fourth-order valence-electron chi connectivity index (χ4n) is 2.42. The topological polar surface area (TPSA) is 42.2 Å². The van der Waals surface area contributed by atoms with Gasteiger partial charge in [0.2, 0.25) is 5.91 Å². The zero-order valence-corrected chi connectivity index (χ0v) is 14.0. The van der Waals surface area contributed by atoms with E-state index in [0.717, 1.165) is 37.8 Å². The summed E-state index contributed by atoms with van der Waals surface area (Å²) in [4.78, 5) is 12.3. The van der Waals surface area contributed by atoms with Crippen molar-refractivity contribution in [2.24, 2.45) is 0 Å². The second-order valence-electron chi connectivity index (χ2n) is 5.47. The maximum atomic E-state index is 12.3. The van der Waals surface area contributed by atoms with Crippen LogP contribution in [-0.2, 0) is 11.2 Å². The van der Waals surface area contributed by atoms with Crippen molar-refractivity contribution in [3.8, 4) is 0 Å². The predicted molar refractivity (Wildman–Crippen MR) is 92.2 cm³/mol. The van der Waals surface area contributed by atoms with Crippen LogP contribution in [0.5, 0.6) is 0 Å². The molecule has 0 bridgehead atoms. The van der Waals surface area contributed by atoms with Crippen LogP contribution in [0.1, 0.15) is 16.7 Å². The molecular formula is C18H16BrNO2. The molecule has 0 aliphatic rings. The van der Waals surface area contributed by atoms with Crippen molar-refractivity contribution >= 4 is 38.5 Å².